The fourth-order valence-electron chi connectivity index (χ4n) is 1.67. The quantitative estimate of drug-likeness (QED) is 0.796. The Labute approximate surface area is 121 Å². The zero-order chi connectivity index (χ0) is 14.2. The molecule has 0 aliphatic carbocycles. The first-order chi connectivity index (χ1) is 9.74. The van der Waals surface area contributed by atoms with Gasteiger partial charge in [0, 0.05) is 17.9 Å². The van der Waals surface area contributed by atoms with Gasteiger partial charge in [0.15, 0.2) is 0 Å². The van der Waals surface area contributed by atoms with Gasteiger partial charge in [0.1, 0.15) is 11.6 Å². The Bertz CT molecular complexity index is 543. The highest BCUT2D eigenvalue weighted by molar-refractivity contribution is 7.98. The predicted octanol–water partition coefficient (Wildman–Crippen LogP) is 3.36. The van der Waals surface area contributed by atoms with Gasteiger partial charge in [-0.15, -0.1) is 0 Å². The summed E-state index contributed by atoms with van der Waals surface area (Å²) >= 11 is 1.62. The van der Waals surface area contributed by atoms with E-state index in [9.17, 15) is 9.18 Å². The van der Waals surface area contributed by atoms with Crippen LogP contribution in [0.1, 0.15) is 17.7 Å². The van der Waals surface area contributed by atoms with Gasteiger partial charge in [-0.3, -0.25) is 4.79 Å². The molecule has 0 bridgehead atoms. The van der Waals surface area contributed by atoms with E-state index in [1.807, 2.05) is 12.1 Å². The molecule has 2 aromatic rings. The average Bonchev–Trinajstić information content (AvgIpc) is 2.95. The van der Waals surface area contributed by atoms with Crippen molar-refractivity contribution in [3.8, 4) is 0 Å². The van der Waals surface area contributed by atoms with Crippen LogP contribution in [0.5, 0.6) is 0 Å². The molecule has 5 heteroatoms. The average molecular weight is 293 g/mol. The highest BCUT2D eigenvalue weighted by Crippen LogP contribution is 2.14. The molecule has 0 radical (unpaired) electrons. The van der Waals surface area contributed by atoms with Gasteiger partial charge in [0.25, 0.3) is 0 Å². The van der Waals surface area contributed by atoms with Gasteiger partial charge in [0.05, 0.1) is 12.8 Å². The SMILES string of the molecule is O=C(CCSCc1cccc(F)c1)NCc1ccco1. The molecule has 0 fully saturated rings. The van der Waals surface area contributed by atoms with Gasteiger partial charge < -0.3 is 9.73 Å². The number of thioether (sulfide) groups is 1. The first-order valence-corrected chi connectivity index (χ1v) is 7.51. The van der Waals surface area contributed by atoms with Gasteiger partial charge in [-0.25, -0.2) is 4.39 Å². The lowest BCUT2D eigenvalue weighted by molar-refractivity contribution is -0.120. The molecule has 0 unspecified atom stereocenters. The molecule has 1 heterocycles. The Balaban J connectivity index is 1.59. The summed E-state index contributed by atoms with van der Waals surface area (Å²) in [7, 11) is 0. The Hall–Kier alpha value is -1.75. The van der Waals surface area contributed by atoms with Crippen molar-refractivity contribution >= 4 is 17.7 Å². The highest BCUT2D eigenvalue weighted by atomic mass is 32.2. The molecule has 1 amide bonds. The van der Waals surface area contributed by atoms with Gasteiger partial charge in [0.2, 0.25) is 5.91 Å². The molecule has 0 saturated heterocycles. The minimum atomic E-state index is -0.223. The van der Waals surface area contributed by atoms with Crippen molar-refractivity contribution in [3.05, 3.63) is 59.8 Å². The van der Waals surface area contributed by atoms with Crippen molar-refractivity contribution in [2.24, 2.45) is 0 Å². The molecule has 2 rings (SSSR count). The van der Waals surface area contributed by atoms with Crippen molar-refractivity contribution < 1.29 is 13.6 Å². The van der Waals surface area contributed by atoms with E-state index < -0.39 is 0 Å². The fraction of sp³-hybridized carbons (Fsp3) is 0.267. The molecule has 1 N–H and O–H groups in total. The lowest BCUT2D eigenvalue weighted by Gasteiger charge is -2.04. The normalized spacial score (nSPS) is 10.4. The van der Waals surface area contributed by atoms with Crippen molar-refractivity contribution in [1.82, 2.24) is 5.32 Å². The molecule has 0 aliphatic heterocycles. The topological polar surface area (TPSA) is 42.2 Å². The third kappa shape index (κ3) is 5.09. The molecule has 106 valence electrons. The van der Waals surface area contributed by atoms with Crippen LogP contribution in [0.15, 0.2) is 47.1 Å². The molecule has 0 spiro atoms. The molecular formula is C15H16FNO2S. The monoisotopic (exact) mass is 293 g/mol. The first-order valence-electron chi connectivity index (χ1n) is 6.35. The summed E-state index contributed by atoms with van der Waals surface area (Å²) < 4.78 is 18.1. The molecule has 20 heavy (non-hydrogen) atoms. The van der Waals surface area contributed by atoms with Crippen LogP contribution in [0, 0.1) is 5.82 Å². The maximum absolute atomic E-state index is 13.0. The second kappa shape index (κ2) is 7.75. The van der Waals surface area contributed by atoms with Crippen molar-refractivity contribution in [2.75, 3.05) is 5.75 Å². The van der Waals surface area contributed by atoms with E-state index in [1.54, 1.807) is 30.2 Å². The maximum atomic E-state index is 13.0. The van der Waals surface area contributed by atoms with E-state index in [2.05, 4.69) is 5.32 Å². The molecule has 0 aliphatic rings. The zero-order valence-corrected chi connectivity index (χ0v) is 11.8. The van der Waals surface area contributed by atoms with Gasteiger partial charge in [-0.1, -0.05) is 12.1 Å². The number of hydrogen-bond donors (Lipinski definition) is 1. The van der Waals surface area contributed by atoms with E-state index in [0.29, 0.717) is 24.5 Å². The van der Waals surface area contributed by atoms with Crippen LogP contribution < -0.4 is 5.32 Å². The number of amides is 1. The second-order valence-electron chi connectivity index (χ2n) is 4.29. The summed E-state index contributed by atoms with van der Waals surface area (Å²) in [5.74, 6) is 1.93. The van der Waals surface area contributed by atoms with Gasteiger partial charge in [-0.2, -0.15) is 11.8 Å². The number of nitrogens with one attached hydrogen (secondary N) is 1. The van der Waals surface area contributed by atoms with Gasteiger partial charge in [-0.05, 0) is 29.8 Å². The second-order valence-corrected chi connectivity index (χ2v) is 5.39. The Morgan fingerprint density at radius 2 is 2.20 bits per heavy atom. The summed E-state index contributed by atoms with van der Waals surface area (Å²) in [6, 6.07) is 10.1. The van der Waals surface area contributed by atoms with Crippen molar-refractivity contribution in [2.45, 2.75) is 18.7 Å². The number of carbonyl (C=O) groups excluding carboxylic acids is 1. The van der Waals surface area contributed by atoms with Crippen LogP contribution in [0.4, 0.5) is 4.39 Å². The van der Waals surface area contributed by atoms with E-state index in [4.69, 9.17) is 4.42 Å². The standard InChI is InChI=1S/C15H16FNO2S/c16-13-4-1-3-12(9-13)11-20-8-6-15(18)17-10-14-5-2-7-19-14/h1-5,7,9H,6,8,10-11H2,(H,17,18). The molecule has 1 aromatic heterocycles. The number of hydrogen-bond acceptors (Lipinski definition) is 3. The third-order valence-electron chi connectivity index (χ3n) is 2.67. The summed E-state index contributed by atoms with van der Waals surface area (Å²) in [4.78, 5) is 11.6. The summed E-state index contributed by atoms with van der Waals surface area (Å²) in [6.45, 7) is 0.417. The Morgan fingerprint density at radius 3 is 2.95 bits per heavy atom. The third-order valence-corrected chi connectivity index (χ3v) is 3.70. The Morgan fingerprint density at radius 1 is 1.30 bits per heavy atom. The lowest BCUT2D eigenvalue weighted by Crippen LogP contribution is -2.22. The van der Waals surface area contributed by atoms with E-state index >= 15 is 0 Å². The number of halogens is 1. The number of benzene rings is 1. The number of rotatable bonds is 7. The maximum Gasteiger partial charge on any atom is 0.221 e. The number of furan rings is 1. The molecule has 0 atom stereocenters. The van der Waals surface area contributed by atoms with Crippen LogP contribution in [-0.2, 0) is 17.1 Å². The van der Waals surface area contributed by atoms with Crippen LogP contribution in [-0.4, -0.2) is 11.7 Å². The van der Waals surface area contributed by atoms with E-state index in [0.717, 1.165) is 11.3 Å². The molecule has 0 saturated carbocycles. The van der Waals surface area contributed by atoms with Crippen molar-refractivity contribution in [1.29, 1.82) is 0 Å². The lowest BCUT2D eigenvalue weighted by atomic mass is 10.2. The molecule has 1 aromatic carbocycles. The summed E-state index contributed by atoms with van der Waals surface area (Å²) in [6.07, 6.45) is 2.02. The predicted molar refractivity (Wildman–Crippen MR) is 77.7 cm³/mol. The van der Waals surface area contributed by atoms with Gasteiger partial charge >= 0.3 is 0 Å². The first kappa shape index (κ1) is 14.7. The fourth-order valence-corrected chi connectivity index (χ4v) is 2.56. The Kier molecular flexibility index (Phi) is 5.68. The molecule has 3 nitrogen and oxygen atoms in total. The van der Waals surface area contributed by atoms with Crippen LogP contribution in [0.25, 0.3) is 0 Å². The number of carbonyl (C=O) groups is 1. The van der Waals surface area contributed by atoms with E-state index in [-0.39, 0.29) is 11.7 Å². The zero-order valence-electron chi connectivity index (χ0n) is 11.0. The largest absolute Gasteiger partial charge is 0.467 e. The summed E-state index contributed by atoms with van der Waals surface area (Å²) in [5.41, 5.74) is 0.936. The van der Waals surface area contributed by atoms with E-state index in [1.165, 1.54) is 12.1 Å². The molecular weight excluding hydrogens is 277 g/mol. The smallest absolute Gasteiger partial charge is 0.221 e. The van der Waals surface area contributed by atoms with Crippen molar-refractivity contribution in [3.63, 3.8) is 0 Å². The van der Waals surface area contributed by atoms with Crippen LogP contribution in [0.3, 0.4) is 0 Å². The van der Waals surface area contributed by atoms with Crippen LogP contribution >= 0.6 is 11.8 Å². The summed E-state index contributed by atoms with van der Waals surface area (Å²) in [5, 5.41) is 2.79. The minimum Gasteiger partial charge on any atom is -0.467 e. The minimum absolute atomic E-state index is 0.00635. The van der Waals surface area contributed by atoms with Crippen LogP contribution in [0.2, 0.25) is 0 Å². The highest BCUT2D eigenvalue weighted by Gasteiger charge is 2.03.